The van der Waals surface area contributed by atoms with Gasteiger partial charge in [-0.3, -0.25) is 4.79 Å². The Hall–Kier alpha value is -3.82. The summed E-state index contributed by atoms with van der Waals surface area (Å²) in [6.07, 6.45) is -4.99. The summed E-state index contributed by atoms with van der Waals surface area (Å²) >= 11 is 0. The summed E-state index contributed by atoms with van der Waals surface area (Å²) in [7, 11) is 0. The highest BCUT2D eigenvalue weighted by Crippen LogP contribution is 2.40. The summed E-state index contributed by atoms with van der Waals surface area (Å²) in [6, 6.07) is 19.4. The van der Waals surface area contributed by atoms with Crippen LogP contribution in [0.4, 0.5) is 13.2 Å². The van der Waals surface area contributed by atoms with Crippen LogP contribution in [-0.4, -0.2) is 31.3 Å². The Kier molecular flexibility index (Phi) is 7.85. The molecule has 0 spiro atoms. The van der Waals surface area contributed by atoms with Crippen molar-refractivity contribution in [1.29, 1.82) is 0 Å². The van der Waals surface area contributed by atoms with Crippen LogP contribution in [-0.2, 0) is 24.7 Å². The summed E-state index contributed by atoms with van der Waals surface area (Å²) in [6.45, 7) is 10.5. The van der Waals surface area contributed by atoms with E-state index in [4.69, 9.17) is 9.15 Å². The van der Waals surface area contributed by atoms with E-state index < -0.39 is 23.1 Å². The van der Waals surface area contributed by atoms with E-state index >= 15 is 0 Å². The van der Waals surface area contributed by atoms with Crippen LogP contribution >= 0.6 is 0 Å². The number of phenols is 1. The molecule has 1 aromatic heterocycles. The van der Waals surface area contributed by atoms with Gasteiger partial charge in [0.05, 0.1) is 10.9 Å². The summed E-state index contributed by atoms with van der Waals surface area (Å²) < 4.78 is 53.6. The number of hydrogen-bond donors (Lipinski definition) is 3. The zero-order valence-corrected chi connectivity index (χ0v) is 23.4. The quantitative estimate of drug-likeness (QED) is 0.328. The van der Waals surface area contributed by atoms with Crippen molar-refractivity contribution in [3.05, 3.63) is 99.4 Å². The Bertz CT molecular complexity index is 1570. The van der Waals surface area contributed by atoms with E-state index in [0.717, 1.165) is 43.2 Å². The molecule has 0 radical (unpaired) electrons. The maximum Gasteiger partial charge on any atom is 0.453 e. The van der Waals surface area contributed by atoms with Crippen LogP contribution in [0.2, 0.25) is 0 Å². The Morgan fingerprint density at radius 1 is 0.854 bits per heavy atom. The lowest BCUT2D eigenvalue weighted by Crippen LogP contribution is -3.27. The number of alkyl halides is 3. The van der Waals surface area contributed by atoms with Crippen LogP contribution < -0.4 is 20.0 Å². The second-order valence-corrected chi connectivity index (χ2v) is 11.7. The van der Waals surface area contributed by atoms with E-state index in [1.807, 2.05) is 39.0 Å². The second kappa shape index (κ2) is 11.2. The van der Waals surface area contributed by atoms with Crippen LogP contribution in [0.3, 0.4) is 0 Å². The lowest BCUT2D eigenvalue weighted by atomic mass is 9.87. The Balaban J connectivity index is 1.43. The summed E-state index contributed by atoms with van der Waals surface area (Å²) in [5.74, 6) is -2.55. The maximum atomic E-state index is 14.2. The average molecular weight is 569 g/mol. The minimum atomic E-state index is -4.99. The van der Waals surface area contributed by atoms with Gasteiger partial charge in [-0.2, -0.15) is 13.2 Å². The molecule has 0 saturated carbocycles. The smallest absolute Gasteiger partial charge is 0.453 e. The lowest BCUT2D eigenvalue weighted by molar-refractivity contribution is -1.02. The number of nitrogens with one attached hydrogen (secondary N) is 2. The van der Waals surface area contributed by atoms with E-state index in [0.29, 0.717) is 0 Å². The first kappa shape index (κ1) is 28.7. The van der Waals surface area contributed by atoms with E-state index in [1.54, 1.807) is 12.1 Å². The van der Waals surface area contributed by atoms with Crippen molar-refractivity contribution >= 4 is 11.0 Å². The number of fused-ring (bicyclic) bond motifs is 1. The van der Waals surface area contributed by atoms with E-state index in [-0.39, 0.29) is 40.0 Å². The first-order chi connectivity index (χ1) is 19.4. The van der Waals surface area contributed by atoms with E-state index in [9.17, 15) is 23.1 Å². The third kappa shape index (κ3) is 6.41. The van der Waals surface area contributed by atoms with Gasteiger partial charge in [-0.1, -0.05) is 63.2 Å². The van der Waals surface area contributed by atoms with Crippen LogP contribution in [0.25, 0.3) is 11.0 Å². The molecule has 5 rings (SSSR count). The largest absolute Gasteiger partial charge is 0.507 e. The van der Waals surface area contributed by atoms with Gasteiger partial charge in [0.1, 0.15) is 50.8 Å². The number of benzene rings is 3. The van der Waals surface area contributed by atoms with Crippen LogP contribution in [0.15, 0.2) is 75.9 Å². The first-order valence-electron chi connectivity index (χ1n) is 13.8. The van der Waals surface area contributed by atoms with Gasteiger partial charge in [0.15, 0.2) is 5.58 Å². The SMILES string of the molecule is CC(C)(C)c1ccc(Oc2c(C(F)(F)F)oc3c(C[NH+]4CC[NH+](Cc5ccccc5)CC4)c(O)ccc3c2=O)cc1. The molecule has 0 bridgehead atoms. The third-order valence-corrected chi connectivity index (χ3v) is 7.68. The normalized spacial score (nSPS) is 18.0. The van der Waals surface area contributed by atoms with Crippen molar-refractivity contribution < 1.29 is 37.2 Å². The molecule has 41 heavy (non-hydrogen) atoms. The van der Waals surface area contributed by atoms with Crippen LogP contribution in [0, 0.1) is 0 Å². The topological polar surface area (TPSA) is 68.6 Å². The molecule has 0 aliphatic carbocycles. The molecular weight excluding hydrogens is 533 g/mol. The van der Waals surface area contributed by atoms with Gasteiger partial charge in [0.25, 0.3) is 5.76 Å². The lowest BCUT2D eigenvalue weighted by Gasteiger charge is -2.30. The number of halogens is 3. The van der Waals surface area contributed by atoms with E-state index in [1.165, 1.54) is 34.7 Å². The fourth-order valence-electron chi connectivity index (χ4n) is 5.32. The number of rotatable bonds is 6. The molecule has 3 N–H and O–H groups in total. The molecule has 216 valence electrons. The van der Waals surface area contributed by atoms with Crippen LogP contribution in [0.5, 0.6) is 17.2 Å². The third-order valence-electron chi connectivity index (χ3n) is 7.68. The van der Waals surface area contributed by atoms with Crippen molar-refractivity contribution in [2.45, 2.75) is 45.5 Å². The number of aromatic hydroxyl groups is 1. The Morgan fingerprint density at radius 2 is 1.46 bits per heavy atom. The Labute approximate surface area is 236 Å². The Morgan fingerprint density at radius 3 is 2.05 bits per heavy atom. The summed E-state index contributed by atoms with van der Waals surface area (Å²) in [4.78, 5) is 15.9. The standard InChI is InChI=1S/C32H33F3N2O4/c1-31(2,3)22-9-11-23(12-10-22)40-29-27(39)24-13-14-26(38)25(28(24)41-30(29)32(33,34)35)20-37-17-15-36(16-18-37)19-21-7-5-4-6-8-21/h4-14,38H,15-20H2,1-3H3/p+2. The molecule has 0 amide bonds. The highest BCUT2D eigenvalue weighted by atomic mass is 19.4. The van der Waals surface area contributed by atoms with Crippen molar-refractivity contribution in [1.82, 2.24) is 0 Å². The number of phenolic OH excluding ortho intramolecular Hbond substituents is 1. The zero-order chi connectivity index (χ0) is 29.4. The average Bonchev–Trinajstić information content (AvgIpc) is 2.92. The van der Waals surface area contributed by atoms with Gasteiger partial charge in [-0.05, 0) is 35.2 Å². The number of ether oxygens (including phenoxy) is 1. The van der Waals surface area contributed by atoms with Crippen molar-refractivity contribution in [2.75, 3.05) is 26.2 Å². The number of piperazine rings is 1. The first-order valence-corrected chi connectivity index (χ1v) is 13.8. The molecule has 2 heterocycles. The minimum absolute atomic E-state index is 0.0696. The number of hydrogen-bond acceptors (Lipinski definition) is 4. The molecule has 0 unspecified atom stereocenters. The van der Waals surface area contributed by atoms with Crippen molar-refractivity contribution in [3.63, 3.8) is 0 Å². The maximum absolute atomic E-state index is 14.2. The van der Waals surface area contributed by atoms with Gasteiger partial charge in [-0.25, -0.2) is 0 Å². The van der Waals surface area contributed by atoms with Gasteiger partial charge >= 0.3 is 6.18 Å². The van der Waals surface area contributed by atoms with Gasteiger partial charge < -0.3 is 24.1 Å². The highest BCUT2D eigenvalue weighted by Gasteiger charge is 2.41. The van der Waals surface area contributed by atoms with Crippen LogP contribution in [0.1, 0.15) is 43.2 Å². The molecule has 9 heteroatoms. The monoisotopic (exact) mass is 568 g/mol. The van der Waals surface area contributed by atoms with Gasteiger partial charge in [-0.15, -0.1) is 0 Å². The molecular formula is C32H35F3N2O4+2. The molecule has 3 aromatic carbocycles. The van der Waals surface area contributed by atoms with Gasteiger partial charge in [0.2, 0.25) is 11.2 Å². The highest BCUT2D eigenvalue weighted by molar-refractivity contribution is 5.83. The fraction of sp³-hybridized carbons (Fsp3) is 0.344. The molecule has 4 aromatic rings. The number of quaternary nitrogens is 2. The van der Waals surface area contributed by atoms with Gasteiger partial charge in [0, 0.05) is 5.56 Å². The second-order valence-electron chi connectivity index (χ2n) is 11.7. The zero-order valence-electron chi connectivity index (χ0n) is 23.4. The van der Waals surface area contributed by atoms with E-state index in [2.05, 4.69) is 12.1 Å². The fourth-order valence-corrected chi connectivity index (χ4v) is 5.32. The molecule has 1 aliphatic rings. The molecule has 1 saturated heterocycles. The molecule has 0 atom stereocenters. The van der Waals surface area contributed by atoms with Crippen molar-refractivity contribution in [3.8, 4) is 17.2 Å². The molecule has 1 fully saturated rings. The summed E-state index contributed by atoms with van der Waals surface area (Å²) in [5, 5.41) is 10.6. The molecule has 6 nitrogen and oxygen atoms in total. The minimum Gasteiger partial charge on any atom is -0.507 e. The predicted molar refractivity (Wildman–Crippen MR) is 150 cm³/mol. The predicted octanol–water partition coefficient (Wildman–Crippen LogP) is 4.09. The molecule has 1 aliphatic heterocycles. The summed E-state index contributed by atoms with van der Waals surface area (Å²) in [5.41, 5.74) is 1.05. The van der Waals surface area contributed by atoms with Crippen molar-refractivity contribution in [2.24, 2.45) is 0 Å².